The summed E-state index contributed by atoms with van der Waals surface area (Å²) in [5.74, 6) is -13.0. The SMILES string of the molecule is COC(=O)C1=C(C(=O)OC)[C@]2(C(=O)OC)O[C@@]1(OC)C([C@]1(C(=O)OC)[C@]3(C(=O)OC)ON4[C@H](c5ccccc5)N(C)c5ccccc5[C@H]4[C@@]31C(=O)OC)=C2C(=O)OC. The van der Waals surface area contributed by atoms with Gasteiger partial charge in [0, 0.05) is 25.4 Å². The van der Waals surface area contributed by atoms with Gasteiger partial charge in [0.05, 0.1) is 61.4 Å². The van der Waals surface area contributed by atoms with Gasteiger partial charge in [0.1, 0.15) is 17.3 Å². The van der Waals surface area contributed by atoms with Crippen molar-refractivity contribution in [2.75, 3.05) is 68.8 Å². The van der Waals surface area contributed by atoms with Crippen LogP contribution in [-0.4, -0.2) is 128 Å². The molecule has 1 saturated carbocycles. The minimum atomic E-state index is -3.16. The molecule has 0 unspecified atom stereocenters. The monoisotopic (exact) mass is 806 g/mol. The minimum Gasteiger partial charge on any atom is -0.468 e. The number of rotatable bonds is 10. The maximum Gasteiger partial charge on any atom is 0.348 e. The largest absolute Gasteiger partial charge is 0.468 e. The van der Waals surface area contributed by atoms with Crippen LogP contribution < -0.4 is 4.90 Å². The molecular formula is C39H38N2O17. The number of hydrogen-bond donors (Lipinski definition) is 0. The van der Waals surface area contributed by atoms with E-state index in [1.165, 1.54) is 5.06 Å². The molecule has 1 aliphatic carbocycles. The van der Waals surface area contributed by atoms with Gasteiger partial charge in [0.15, 0.2) is 10.8 Å². The predicted octanol–water partition coefficient (Wildman–Crippen LogP) is 0.778. The van der Waals surface area contributed by atoms with E-state index in [-0.39, 0.29) is 0 Å². The molecular weight excluding hydrogens is 768 g/mol. The first kappa shape index (κ1) is 40.1. The van der Waals surface area contributed by atoms with Crippen LogP contribution in [0.2, 0.25) is 0 Å². The van der Waals surface area contributed by atoms with Crippen molar-refractivity contribution in [3.05, 3.63) is 88.0 Å². The molecule has 0 N–H and O–H groups in total. The lowest BCUT2D eigenvalue weighted by Crippen LogP contribution is -2.55. The van der Waals surface area contributed by atoms with Gasteiger partial charge in [-0.1, -0.05) is 48.5 Å². The van der Waals surface area contributed by atoms with Crippen molar-refractivity contribution >= 4 is 47.5 Å². The highest BCUT2D eigenvalue weighted by Gasteiger charge is 3.10. The summed E-state index contributed by atoms with van der Waals surface area (Å²) in [7, 11) is 9.14. The van der Waals surface area contributed by atoms with Crippen LogP contribution in [0.3, 0.4) is 0 Å². The van der Waals surface area contributed by atoms with Gasteiger partial charge in [0.25, 0.3) is 0 Å². The fraction of sp³-hybridized carbons (Fsp3) is 0.410. The zero-order chi connectivity index (χ0) is 42.3. The molecule has 2 aromatic carbocycles. The first-order valence-corrected chi connectivity index (χ1v) is 17.4. The summed E-state index contributed by atoms with van der Waals surface area (Å²) in [4.78, 5) is 111. The maximum atomic E-state index is 15.3. The van der Waals surface area contributed by atoms with Crippen LogP contribution in [0.4, 0.5) is 5.69 Å². The van der Waals surface area contributed by atoms with Gasteiger partial charge in [-0.25, -0.2) is 24.0 Å². The fourth-order valence-electron chi connectivity index (χ4n) is 9.85. The number of ether oxygens (including phenoxy) is 9. The quantitative estimate of drug-likeness (QED) is 0.239. The molecule has 306 valence electrons. The number of anilines is 1. The molecule has 7 atom stereocenters. The lowest BCUT2D eigenvalue weighted by Gasteiger charge is -2.49. The lowest BCUT2D eigenvalue weighted by atomic mass is 9.67. The molecule has 58 heavy (non-hydrogen) atoms. The Morgan fingerprint density at radius 3 is 1.69 bits per heavy atom. The molecule has 4 aliphatic heterocycles. The summed E-state index contributed by atoms with van der Waals surface area (Å²) < 4.78 is 49.1. The second-order valence-electron chi connectivity index (χ2n) is 13.6. The van der Waals surface area contributed by atoms with Crippen molar-refractivity contribution in [2.24, 2.45) is 10.8 Å². The van der Waals surface area contributed by atoms with E-state index in [1.54, 1.807) is 61.6 Å². The molecule has 19 nitrogen and oxygen atoms in total. The summed E-state index contributed by atoms with van der Waals surface area (Å²) in [5.41, 5.74) is -14.3. The van der Waals surface area contributed by atoms with Crippen LogP contribution in [0.1, 0.15) is 23.3 Å². The van der Waals surface area contributed by atoms with Gasteiger partial charge in [-0.3, -0.25) is 14.4 Å². The van der Waals surface area contributed by atoms with Crippen LogP contribution in [0.25, 0.3) is 0 Å². The van der Waals surface area contributed by atoms with E-state index in [1.807, 2.05) is 4.90 Å². The van der Waals surface area contributed by atoms with Crippen LogP contribution in [0, 0.1) is 10.8 Å². The molecule has 7 rings (SSSR count). The zero-order valence-electron chi connectivity index (χ0n) is 32.7. The number of esters is 7. The molecule has 2 fully saturated rings. The molecule has 2 aromatic rings. The van der Waals surface area contributed by atoms with Crippen LogP contribution in [-0.2, 0) is 81.0 Å². The number of nitrogens with zero attached hydrogens (tertiary/aromatic N) is 2. The summed E-state index contributed by atoms with van der Waals surface area (Å²) in [6, 6.07) is 14.0. The first-order chi connectivity index (χ1) is 27.7. The first-order valence-electron chi connectivity index (χ1n) is 17.4. The van der Waals surface area contributed by atoms with Gasteiger partial charge < -0.3 is 47.5 Å². The average Bonchev–Trinajstić information content (AvgIpc) is 3.52. The van der Waals surface area contributed by atoms with Crippen molar-refractivity contribution in [2.45, 2.75) is 29.2 Å². The Hall–Kier alpha value is -6.15. The van der Waals surface area contributed by atoms with Crippen molar-refractivity contribution < 1.29 is 81.0 Å². The van der Waals surface area contributed by atoms with Gasteiger partial charge in [-0.05, 0) is 17.2 Å². The maximum absolute atomic E-state index is 15.3. The molecule has 5 aliphatic rings. The van der Waals surface area contributed by atoms with E-state index in [0.717, 1.165) is 56.9 Å². The number of carbonyl (C=O) groups excluding carboxylic acids is 7. The number of hydrogen-bond acceptors (Lipinski definition) is 19. The average molecular weight is 807 g/mol. The van der Waals surface area contributed by atoms with Gasteiger partial charge >= 0.3 is 41.8 Å². The van der Waals surface area contributed by atoms with Crippen LogP contribution in [0.15, 0.2) is 76.9 Å². The summed E-state index contributed by atoms with van der Waals surface area (Å²) in [6.45, 7) is 0. The Balaban J connectivity index is 1.73. The Labute approximate surface area is 330 Å². The third-order valence-electron chi connectivity index (χ3n) is 11.8. The van der Waals surface area contributed by atoms with Crippen molar-refractivity contribution in [3.63, 3.8) is 0 Å². The third kappa shape index (κ3) is 4.12. The van der Waals surface area contributed by atoms with E-state index >= 15 is 9.59 Å². The van der Waals surface area contributed by atoms with Gasteiger partial charge in [0.2, 0.25) is 17.0 Å². The predicted molar refractivity (Wildman–Crippen MR) is 189 cm³/mol. The molecule has 4 heterocycles. The summed E-state index contributed by atoms with van der Waals surface area (Å²) in [6.07, 6.45) is -0.938. The van der Waals surface area contributed by atoms with E-state index in [9.17, 15) is 24.0 Å². The standard InChI is InChI=1S/C39H38N2O17/c1-40-21-18-14-13-17-20(21)26-37(33(47)54-7)36(32(46)53-6,39(37,34(48)55-8)58-41(26)27(40)19-15-11-10-12-16-19)25-24(30(44)51-4)35(31(45)52-5)22(28(42)49-2)23(29(43)50-3)38(25,56-9)57-35/h10-18,26-27H,1-9H3/t26-,27+,35-,36+,37-,38+,39-/m0/s1. The number of carbonyl (C=O) groups is 7. The second-order valence-corrected chi connectivity index (χ2v) is 13.6. The number of para-hydroxylation sites is 1. The van der Waals surface area contributed by atoms with Gasteiger partial charge in [-0.2, -0.15) is 5.06 Å². The third-order valence-corrected chi connectivity index (χ3v) is 11.8. The Morgan fingerprint density at radius 1 is 0.603 bits per heavy atom. The molecule has 0 spiro atoms. The second kappa shape index (κ2) is 13.5. The molecule has 2 bridgehead atoms. The summed E-state index contributed by atoms with van der Waals surface area (Å²) in [5, 5.41) is 1.33. The van der Waals surface area contributed by atoms with E-state index < -0.39 is 104 Å². The minimum absolute atomic E-state index is 0.302. The smallest absolute Gasteiger partial charge is 0.348 e. The molecule has 0 radical (unpaired) electrons. The Kier molecular flexibility index (Phi) is 9.31. The molecule has 0 amide bonds. The molecule has 19 heteroatoms. The highest BCUT2D eigenvalue weighted by Crippen LogP contribution is 2.90. The number of fused-ring (bicyclic) bond motifs is 7. The normalized spacial score (nSPS) is 31.4. The van der Waals surface area contributed by atoms with Gasteiger partial charge in [-0.15, -0.1) is 0 Å². The Morgan fingerprint density at radius 2 is 1.14 bits per heavy atom. The van der Waals surface area contributed by atoms with Crippen molar-refractivity contribution in [1.82, 2.24) is 5.06 Å². The fourth-order valence-corrected chi connectivity index (χ4v) is 9.85. The van der Waals surface area contributed by atoms with E-state index in [2.05, 4.69) is 0 Å². The highest BCUT2D eigenvalue weighted by atomic mass is 16.8. The van der Waals surface area contributed by atoms with Crippen molar-refractivity contribution in [1.29, 1.82) is 0 Å². The van der Waals surface area contributed by atoms with E-state index in [0.29, 0.717) is 16.8 Å². The highest BCUT2D eigenvalue weighted by molar-refractivity contribution is 6.21. The topological polar surface area (TPSA) is 218 Å². The molecule has 0 aromatic heterocycles. The number of hydroxylamine groups is 2. The number of methoxy groups -OCH3 is 8. The Bertz CT molecular complexity index is 2260. The van der Waals surface area contributed by atoms with Crippen molar-refractivity contribution in [3.8, 4) is 0 Å². The number of benzene rings is 2. The zero-order valence-corrected chi connectivity index (χ0v) is 32.7. The van der Waals surface area contributed by atoms with E-state index in [4.69, 9.17) is 47.5 Å². The summed E-state index contributed by atoms with van der Waals surface area (Å²) >= 11 is 0. The van der Waals surface area contributed by atoms with Crippen LogP contribution >= 0.6 is 0 Å². The molecule has 1 saturated heterocycles. The van der Waals surface area contributed by atoms with Crippen LogP contribution in [0.5, 0.6) is 0 Å². The lowest BCUT2D eigenvalue weighted by molar-refractivity contribution is -0.251.